The molecule has 1 fully saturated rings. The molecule has 0 aromatic heterocycles. The fourth-order valence-corrected chi connectivity index (χ4v) is 3.96. The highest BCUT2D eigenvalue weighted by molar-refractivity contribution is 7.89. The molecule has 2 rings (SSSR count). The molecule has 0 radical (unpaired) electrons. The number of nitrogens with zero attached hydrogens (tertiary/aromatic N) is 1. The Balaban J connectivity index is 2.01. The summed E-state index contributed by atoms with van der Waals surface area (Å²) in [5, 5.41) is 12.3. The fraction of sp³-hybridized carbons (Fsp3) is 0.588. The van der Waals surface area contributed by atoms with Gasteiger partial charge in [-0.15, -0.1) is 0 Å². The Morgan fingerprint density at radius 3 is 2.65 bits per heavy atom. The van der Waals surface area contributed by atoms with Gasteiger partial charge in [0.2, 0.25) is 10.0 Å². The highest BCUT2D eigenvalue weighted by Gasteiger charge is 2.29. The van der Waals surface area contributed by atoms with E-state index in [1.807, 2.05) is 26.8 Å². The van der Waals surface area contributed by atoms with Crippen molar-refractivity contribution in [3.05, 3.63) is 23.8 Å². The van der Waals surface area contributed by atoms with E-state index in [0.29, 0.717) is 11.4 Å². The third kappa shape index (κ3) is 4.95. The zero-order valence-corrected chi connectivity index (χ0v) is 14.8. The average molecular weight is 335 g/mol. The lowest BCUT2D eigenvalue weighted by Crippen LogP contribution is -2.26. The number of hydrogen-bond donors (Lipinski definition) is 2. The van der Waals surface area contributed by atoms with Crippen LogP contribution in [-0.4, -0.2) is 21.0 Å². The van der Waals surface area contributed by atoms with Crippen LogP contribution in [0.15, 0.2) is 23.1 Å². The number of nitrogens with one attached hydrogen (secondary N) is 2. The minimum absolute atomic E-state index is 0.101. The standard InChI is InChI=1S/C17H25N3O2S/c1-13-15(19-11-5-10-17(2,3)12-18)6-4-7-16(13)23(21,22)20-14-8-9-14/h4,6-7,14,19-20H,5,8-11H2,1-3H3. The van der Waals surface area contributed by atoms with Gasteiger partial charge in [0.15, 0.2) is 0 Å². The Kier molecular flexibility index (Phi) is 5.33. The molecule has 23 heavy (non-hydrogen) atoms. The SMILES string of the molecule is Cc1c(NCCCC(C)(C)C#N)cccc1S(=O)(=O)NC1CC1. The van der Waals surface area contributed by atoms with Crippen LogP contribution in [0.25, 0.3) is 0 Å². The molecule has 6 heteroatoms. The molecule has 0 aliphatic heterocycles. The molecule has 1 saturated carbocycles. The first-order valence-electron chi connectivity index (χ1n) is 8.02. The van der Waals surface area contributed by atoms with Crippen LogP contribution in [0.3, 0.4) is 0 Å². The monoisotopic (exact) mass is 335 g/mol. The Bertz CT molecular complexity index is 701. The summed E-state index contributed by atoms with van der Waals surface area (Å²) in [7, 11) is -3.44. The second kappa shape index (κ2) is 6.90. The first kappa shape index (κ1) is 17.8. The highest BCUT2D eigenvalue weighted by Crippen LogP contribution is 2.27. The molecular formula is C17H25N3O2S. The van der Waals surface area contributed by atoms with E-state index in [-0.39, 0.29) is 11.5 Å². The molecule has 126 valence electrons. The van der Waals surface area contributed by atoms with Crippen molar-refractivity contribution in [3.8, 4) is 6.07 Å². The third-order valence-corrected chi connectivity index (χ3v) is 5.73. The van der Waals surface area contributed by atoms with Crippen molar-refractivity contribution in [2.24, 2.45) is 5.41 Å². The first-order valence-corrected chi connectivity index (χ1v) is 9.50. The Morgan fingerprint density at radius 2 is 2.04 bits per heavy atom. The molecule has 0 heterocycles. The summed E-state index contributed by atoms with van der Waals surface area (Å²) >= 11 is 0. The summed E-state index contributed by atoms with van der Waals surface area (Å²) in [5.74, 6) is 0. The summed E-state index contributed by atoms with van der Waals surface area (Å²) in [4.78, 5) is 0.340. The Morgan fingerprint density at radius 1 is 1.35 bits per heavy atom. The molecule has 1 aliphatic carbocycles. The average Bonchev–Trinajstić information content (AvgIpc) is 3.28. The number of nitriles is 1. The summed E-state index contributed by atoms with van der Waals surface area (Å²) in [6, 6.07) is 7.68. The Hall–Kier alpha value is -1.58. The summed E-state index contributed by atoms with van der Waals surface area (Å²) in [6.45, 7) is 6.39. The molecule has 0 spiro atoms. The quantitative estimate of drug-likeness (QED) is 0.715. The predicted octanol–water partition coefficient (Wildman–Crippen LogP) is 3.18. The normalized spacial score (nSPS) is 15.2. The topological polar surface area (TPSA) is 82.0 Å². The van der Waals surface area contributed by atoms with Crippen molar-refractivity contribution < 1.29 is 8.42 Å². The van der Waals surface area contributed by atoms with Gasteiger partial charge in [0.1, 0.15) is 0 Å². The zero-order chi connectivity index (χ0) is 17.1. The van der Waals surface area contributed by atoms with Gasteiger partial charge in [-0.05, 0) is 64.2 Å². The van der Waals surface area contributed by atoms with Gasteiger partial charge in [0, 0.05) is 18.3 Å². The molecular weight excluding hydrogens is 310 g/mol. The van der Waals surface area contributed by atoms with Crippen LogP contribution in [0.1, 0.15) is 45.1 Å². The molecule has 1 aromatic carbocycles. The Labute approximate surface area is 139 Å². The van der Waals surface area contributed by atoms with Crippen molar-refractivity contribution >= 4 is 15.7 Å². The summed E-state index contributed by atoms with van der Waals surface area (Å²) in [5.41, 5.74) is 1.24. The van der Waals surface area contributed by atoms with Gasteiger partial charge in [0.25, 0.3) is 0 Å². The van der Waals surface area contributed by atoms with Crippen LogP contribution in [-0.2, 0) is 10.0 Å². The molecule has 5 nitrogen and oxygen atoms in total. The maximum atomic E-state index is 12.4. The van der Waals surface area contributed by atoms with Gasteiger partial charge in [0.05, 0.1) is 16.4 Å². The fourth-order valence-electron chi connectivity index (χ4n) is 2.39. The van der Waals surface area contributed by atoms with Crippen molar-refractivity contribution in [2.75, 3.05) is 11.9 Å². The van der Waals surface area contributed by atoms with Gasteiger partial charge in [-0.25, -0.2) is 13.1 Å². The number of benzene rings is 1. The third-order valence-electron chi connectivity index (χ3n) is 4.07. The van der Waals surface area contributed by atoms with E-state index in [9.17, 15) is 8.42 Å². The van der Waals surface area contributed by atoms with Crippen molar-refractivity contribution in [1.29, 1.82) is 5.26 Å². The van der Waals surface area contributed by atoms with E-state index >= 15 is 0 Å². The lowest BCUT2D eigenvalue weighted by Gasteiger charge is -2.17. The van der Waals surface area contributed by atoms with E-state index in [4.69, 9.17) is 5.26 Å². The van der Waals surface area contributed by atoms with Crippen LogP contribution in [0.5, 0.6) is 0 Å². The molecule has 0 unspecified atom stereocenters. The van der Waals surface area contributed by atoms with Gasteiger partial charge in [-0.3, -0.25) is 0 Å². The van der Waals surface area contributed by atoms with Crippen LogP contribution < -0.4 is 10.0 Å². The van der Waals surface area contributed by atoms with Gasteiger partial charge in [-0.1, -0.05) is 6.07 Å². The lowest BCUT2D eigenvalue weighted by molar-refractivity contribution is 0.441. The van der Waals surface area contributed by atoms with Crippen LogP contribution in [0.4, 0.5) is 5.69 Å². The van der Waals surface area contributed by atoms with Crippen molar-refractivity contribution in [1.82, 2.24) is 4.72 Å². The van der Waals surface area contributed by atoms with Crippen LogP contribution in [0.2, 0.25) is 0 Å². The van der Waals surface area contributed by atoms with E-state index in [1.54, 1.807) is 12.1 Å². The molecule has 0 bridgehead atoms. The molecule has 0 saturated heterocycles. The van der Waals surface area contributed by atoms with E-state index in [2.05, 4.69) is 16.1 Å². The van der Waals surface area contributed by atoms with Gasteiger partial charge < -0.3 is 5.32 Å². The summed E-state index contributed by atoms with van der Waals surface area (Å²) in [6.07, 6.45) is 3.50. The first-order chi connectivity index (χ1) is 10.7. The molecule has 1 aliphatic rings. The maximum Gasteiger partial charge on any atom is 0.241 e. The second-order valence-electron chi connectivity index (χ2n) is 6.85. The van der Waals surface area contributed by atoms with Crippen LogP contribution >= 0.6 is 0 Å². The number of hydrogen-bond acceptors (Lipinski definition) is 4. The minimum atomic E-state index is -3.44. The number of anilines is 1. The van der Waals surface area contributed by atoms with Gasteiger partial charge >= 0.3 is 0 Å². The predicted molar refractivity (Wildman–Crippen MR) is 91.6 cm³/mol. The largest absolute Gasteiger partial charge is 0.385 e. The highest BCUT2D eigenvalue weighted by atomic mass is 32.2. The van der Waals surface area contributed by atoms with Crippen LogP contribution in [0, 0.1) is 23.7 Å². The van der Waals surface area contributed by atoms with Crippen molar-refractivity contribution in [3.63, 3.8) is 0 Å². The molecule has 0 atom stereocenters. The number of rotatable bonds is 8. The summed E-state index contributed by atoms with van der Waals surface area (Å²) < 4.78 is 27.5. The van der Waals surface area contributed by atoms with E-state index in [1.165, 1.54) is 0 Å². The van der Waals surface area contributed by atoms with Crippen molar-refractivity contribution in [2.45, 2.75) is 57.4 Å². The molecule has 0 amide bonds. The van der Waals surface area contributed by atoms with Gasteiger partial charge in [-0.2, -0.15) is 5.26 Å². The molecule has 2 N–H and O–H groups in total. The van der Waals surface area contributed by atoms with E-state index < -0.39 is 10.0 Å². The van der Waals surface area contributed by atoms with E-state index in [0.717, 1.165) is 36.9 Å². The smallest absolute Gasteiger partial charge is 0.241 e. The minimum Gasteiger partial charge on any atom is -0.385 e. The number of sulfonamides is 1. The molecule has 1 aromatic rings. The zero-order valence-electron chi connectivity index (χ0n) is 14.0. The second-order valence-corrected chi connectivity index (χ2v) is 8.53. The lowest BCUT2D eigenvalue weighted by atomic mass is 9.90. The maximum absolute atomic E-state index is 12.4.